The van der Waals surface area contributed by atoms with Gasteiger partial charge in [-0.05, 0) is 43.2 Å². The van der Waals surface area contributed by atoms with Crippen molar-refractivity contribution in [1.29, 1.82) is 0 Å². The van der Waals surface area contributed by atoms with E-state index in [9.17, 15) is 27.9 Å². The first kappa shape index (κ1) is 20.0. The van der Waals surface area contributed by atoms with E-state index in [0.717, 1.165) is 0 Å². The number of phenolic OH excluding ortho intramolecular Hbond substituents is 1. The molecule has 2 rings (SSSR count). The van der Waals surface area contributed by atoms with Crippen LogP contribution in [0.1, 0.15) is 28.4 Å². The lowest BCUT2D eigenvalue weighted by Crippen LogP contribution is -2.29. The number of aromatic hydroxyl groups is 1. The van der Waals surface area contributed by atoms with Crippen molar-refractivity contribution in [2.45, 2.75) is 20.0 Å². The normalized spacial score (nSPS) is 11.8. The van der Waals surface area contributed by atoms with Crippen molar-refractivity contribution in [1.82, 2.24) is 5.43 Å². The number of halogens is 3. The molecular formula is C18H16F3N3O3. The Morgan fingerprint density at radius 1 is 1.11 bits per heavy atom. The molecule has 0 fully saturated rings. The van der Waals surface area contributed by atoms with Gasteiger partial charge in [-0.25, -0.2) is 5.43 Å². The number of nitrogens with one attached hydrogen (secondary N) is 2. The Morgan fingerprint density at radius 2 is 1.78 bits per heavy atom. The molecule has 0 saturated carbocycles. The van der Waals surface area contributed by atoms with E-state index in [1.807, 2.05) is 0 Å². The average molecular weight is 379 g/mol. The summed E-state index contributed by atoms with van der Waals surface area (Å²) in [6.07, 6.45) is -5.00. The molecule has 142 valence electrons. The molecule has 0 heterocycles. The molecule has 0 saturated heterocycles. The van der Waals surface area contributed by atoms with Crippen LogP contribution in [-0.2, 0) is 4.79 Å². The number of anilines is 1. The molecule has 0 unspecified atom stereocenters. The smallest absolute Gasteiger partial charge is 0.471 e. The molecule has 0 radical (unpaired) electrons. The lowest BCUT2D eigenvalue weighted by Gasteiger charge is -2.09. The summed E-state index contributed by atoms with van der Waals surface area (Å²) in [6.45, 7) is 3.17. The highest BCUT2D eigenvalue weighted by atomic mass is 19.4. The molecule has 9 heteroatoms. The highest BCUT2D eigenvalue weighted by molar-refractivity contribution is 6.03. The van der Waals surface area contributed by atoms with E-state index in [0.29, 0.717) is 16.8 Å². The number of carbonyl (C=O) groups is 2. The zero-order valence-corrected chi connectivity index (χ0v) is 14.4. The Morgan fingerprint density at radius 3 is 2.44 bits per heavy atom. The number of hydrazone groups is 1. The van der Waals surface area contributed by atoms with Crippen molar-refractivity contribution in [3.63, 3.8) is 0 Å². The van der Waals surface area contributed by atoms with Crippen molar-refractivity contribution in [3.05, 3.63) is 59.2 Å². The molecule has 0 bridgehead atoms. The van der Waals surface area contributed by atoms with E-state index >= 15 is 0 Å². The summed E-state index contributed by atoms with van der Waals surface area (Å²) in [5, 5.41) is 15.5. The number of aryl methyl sites for hydroxylation is 1. The largest absolute Gasteiger partial charge is 0.507 e. The maximum Gasteiger partial charge on any atom is 0.471 e. The van der Waals surface area contributed by atoms with Gasteiger partial charge in [0, 0.05) is 5.69 Å². The molecule has 2 amide bonds. The Bertz CT molecular complexity index is 908. The van der Waals surface area contributed by atoms with Crippen molar-refractivity contribution in [2.24, 2.45) is 5.10 Å². The summed E-state index contributed by atoms with van der Waals surface area (Å²) in [6, 6.07) is 10.2. The van der Waals surface area contributed by atoms with Gasteiger partial charge in [0.05, 0.1) is 11.3 Å². The van der Waals surface area contributed by atoms with Gasteiger partial charge >= 0.3 is 12.1 Å². The number of carbonyl (C=O) groups excluding carboxylic acids is 2. The van der Waals surface area contributed by atoms with E-state index in [1.165, 1.54) is 31.2 Å². The summed E-state index contributed by atoms with van der Waals surface area (Å²) < 4.78 is 37.0. The molecular weight excluding hydrogens is 363 g/mol. The molecule has 3 N–H and O–H groups in total. The molecule has 27 heavy (non-hydrogen) atoms. The van der Waals surface area contributed by atoms with Gasteiger partial charge in [-0.3, -0.25) is 9.59 Å². The van der Waals surface area contributed by atoms with Gasteiger partial charge in [-0.2, -0.15) is 18.3 Å². The SMILES string of the molecule is CC(=NNC(=O)c1cccc(C)c1O)c1cccc(NC(=O)C(F)(F)F)c1. The summed E-state index contributed by atoms with van der Waals surface area (Å²) in [4.78, 5) is 23.1. The fourth-order valence-electron chi connectivity index (χ4n) is 2.13. The average Bonchev–Trinajstić information content (AvgIpc) is 2.61. The molecule has 0 spiro atoms. The molecule has 6 nitrogen and oxygen atoms in total. The quantitative estimate of drug-likeness (QED) is 0.562. The maximum absolute atomic E-state index is 12.3. The first-order valence-electron chi connectivity index (χ1n) is 7.71. The van der Waals surface area contributed by atoms with Crippen LogP contribution in [0.4, 0.5) is 18.9 Å². The van der Waals surface area contributed by atoms with Crippen LogP contribution in [-0.4, -0.2) is 28.8 Å². The molecule has 0 aliphatic carbocycles. The molecule has 0 aromatic heterocycles. The Balaban J connectivity index is 2.14. The second-order valence-corrected chi connectivity index (χ2v) is 5.64. The minimum atomic E-state index is -5.00. The Kier molecular flexibility index (Phi) is 5.84. The van der Waals surface area contributed by atoms with Gasteiger partial charge in [-0.1, -0.05) is 24.3 Å². The van der Waals surface area contributed by atoms with Gasteiger partial charge in [0.25, 0.3) is 5.91 Å². The summed E-state index contributed by atoms with van der Waals surface area (Å²) in [5.41, 5.74) is 3.46. The number of nitrogens with zero attached hydrogens (tertiary/aromatic N) is 1. The van der Waals surface area contributed by atoms with Crippen molar-refractivity contribution in [2.75, 3.05) is 5.32 Å². The van der Waals surface area contributed by atoms with Crippen LogP contribution in [0, 0.1) is 6.92 Å². The molecule has 2 aromatic carbocycles. The molecule has 0 atom stereocenters. The number of hydrogen-bond acceptors (Lipinski definition) is 4. The first-order valence-corrected chi connectivity index (χ1v) is 7.71. The van der Waals surface area contributed by atoms with E-state index in [4.69, 9.17) is 0 Å². The van der Waals surface area contributed by atoms with Crippen molar-refractivity contribution < 1.29 is 27.9 Å². The van der Waals surface area contributed by atoms with Crippen LogP contribution >= 0.6 is 0 Å². The van der Waals surface area contributed by atoms with Crippen molar-refractivity contribution >= 4 is 23.2 Å². The number of para-hydroxylation sites is 1. The second kappa shape index (κ2) is 7.90. The maximum atomic E-state index is 12.3. The molecule has 0 aliphatic rings. The van der Waals surface area contributed by atoms with Crippen LogP contribution in [0.25, 0.3) is 0 Å². The van der Waals surface area contributed by atoms with Gasteiger partial charge in [-0.15, -0.1) is 0 Å². The zero-order chi connectivity index (χ0) is 20.2. The summed E-state index contributed by atoms with van der Waals surface area (Å²) in [5.74, 6) is -2.89. The third-order valence-electron chi connectivity index (χ3n) is 3.60. The van der Waals surface area contributed by atoms with Crippen molar-refractivity contribution in [3.8, 4) is 5.75 Å². The van der Waals surface area contributed by atoms with E-state index < -0.39 is 18.0 Å². The fourth-order valence-corrected chi connectivity index (χ4v) is 2.13. The van der Waals surface area contributed by atoms with Gasteiger partial charge in [0.15, 0.2) is 0 Å². The van der Waals surface area contributed by atoms with Gasteiger partial charge in [0.2, 0.25) is 0 Å². The first-order chi connectivity index (χ1) is 12.6. The van der Waals surface area contributed by atoms with Crippen LogP contribution < -0.4 is 10.7 Å². The number of alkyl halides is 3. The van der Waals surface area contributed by atoms with E-state index in [1.54, 1.807) is 30.4 Å². The predicted molar refractivity (Wildman–Crippen MR) is 93.6 cm³/mol. The highest BCUT2D eigenvalue weighted by Gasteiger charge is 2.38. The van der Waals surface area contributed by atoms with Gasteiger partial charge in [0.1, 0.15) is 5.75 Å². The molecule has 0 aliphatic heterocycles. The third-order valence-corrected chi connectivity index (χ3v) is 3.60. The van der Waals surface area contributed by atoms with Crippen LogP contribution in [0.15, 0.2) is 47.6 Å². The number of benzene rings is 2. The second-order valence-electron chi connectivity index (χ2n) is 5.64. The van der Waals surface area contributed by atoms with Crippen LogP contribution in [0.5, 0.6) is 5.75 Å². The van der Waals surface area contributed by atoms with Crippen LogP contribution in [0.3, 0.4) is 0 Å². The number of phenols is 1. The fraction of sp³-hybridized carbons (Fsp3) is 0.167. The third kappa shape index (κ3) is 5.06. The lowest BCUT2D eigenvalue weighted by atomic mass is 10.1. The minimum Gasteiger partial charge on any atom is -0.507 e. The predicted octanol–water partition coefficient (Wildman–Crippen LogP) is 3.36. The van der Waals surface area contributed by atoms with E-state index in [-0.39, 0.29) is 17.0 Å². The molecule has 2 aromatic rings. The van der Waals surface area contributed by atoms with Crippen LogP contribution in [0.2, 0.25) is 0 Å². The Labute approximate surface area is 152 Å². The monoisotopic (exact) mass is 379 g/mol. The Hall–Kier alpha value is -3.36. The summed E-state index contributed by atoms with van der Waals surface area (Å²) in [7, 11) is 0. The topological polar surface area (TPSA) is 90.8 Å². The minimum absolute atomic E-state index is 0.0396. The lowest BCUT2D eigenvalue weighted by molar-refractivity contribution is -0.167. The standard InChI is InChI=1S/C18H16F3N3O3/c1-10-5-3-8-14(15(10)25)16(26)24-23-11(2)12-6-4-7-13(9-12)22-17(27)18(19,20)21/h3-9,25H,1-2H3,(H,22,27)(H,24,26). The number of amides is 2. The zero-order valence-electron chi connectivity index (χ0n) is 14.4. The number of hydrogen-bond donors (Lipinski definition) is 3. The highest BCUT2D eigenvalue weighted by Crippen LogP contribution is 2.21. The van der Waals surface area contributed by atoms with E-state index in [2.05, 4.69) is 10.5 Å². The summed E-state index contributed by atoms with van der Waals surface area (Å²) >= 11 is 0. The van der Waals surface area contributed by atoms with Gasteiger partial charge < -0.3 is 10.4 Å². The number of rotatable bonds is 4.